The fourth-order valence-corrected chi connectivity index (χ4v) is 1.53. The van der Waals surface area contributed by atoms with E-state index in [2.05, 4.69) is 0 Å². The molecule has 0 bridgehead atoms. The van der Waals surface area contributed by atoms with Crippen molar-refractivity contribution in [3.8, 4) is 0 Å². The molecule has 0 N–H and O–H groups in total. The normalized spacial score (nSPS) is 13.7. The molecule has 0 aliphatic carbocycles. The molecule has 0 aliphatic rings. The SMILES string of the molecule is CCOC(=O)C(C)C(C)N(CC)C(=O)OCC. The van der Waals surface area contributed by atoms with Crippen LogP contribution < -0.4 is 0 Å². The molecule has 100 valence electrons. The summed E-state index contributed by atoms with van der Waals surface area (Å²) in [5.41, 5.74) is 0. The fraction of sp³-hybridized carbons (Fsp3) is 0.833. The second-order valence-electron chi connectivity index (χ2n) is 3.77. The highest BCUT2D eigenvalue weighted by molar-refractivity contribution is 5.74. The van der Waals surface area contributed by atoms with E-state index >= 15 is 0 Å². The number of amides is 1. The van der Waals surface area contributed by atoms with E-state index in [1.165, 1.54) is 4.90 Å². The zero-order valence-corrected chi connectivity index (χ0v) is 11.4. The van der Waals surface area contributed by atoms with Gasteiger partial charge < -0.3 is 14.4 Å². The number of carbonyl (C=O) groups is 2. The number of nitrogens with zero attached hydrogens (tertiary/aromatic N) is 1. The first kappa shape index (κ1) is 15.7. The van der Waals surface area contributed by atoms with E-state index in [4.69, 9.17) is 9.47 Å². The van der Waals surface area contributed by atoms with Gasteiger partial charge in [0.25, 0.3) is 0 Å². The third-order valence-corrected chi connectivity index (χ3v) is 2.72. The van der Waals surface area contributed by atoms with Crippen LogP contribution in [-0.4, -0.2) is 42.8 Å². The van der Waals surface area contributed by atoms with Crippen LogP contribution >= 0.6 is 0 Å². The first-order valence-corrected chi connectivity index (χ1v) is 6.09. The van der Waals surface area contributed by atoms with Gasteiger partial charge in [0.2, 0.25) is 0 Å². The van der Waals surface area contributed by atoms with Crippen LogP contribution in [0.4, 0.5) is 4.79 Å². The van der Waals surface area contributed by atoms with Gasteiger partial charge in [-0.05, 0) is 34.6 Å². The van der Waals surface area contributed by atoms with Gasteiger partial charge in [0.15, 0.2) is 0 Å². The van der Waals surface area contributed by atoms with E-state index in [1.807, 2.05) is 13.8 Å². The van der Waals surface area contributed by atoms with Crippen molar-refractivity contribution in [3.05, 3.63) is 0 Å². The molecule has 0 aliphatic heterocycles. The second kappa shape index (κ2) is 7.92. The maximum atomic E-state index is 11.7. The molecule has 5 nitrogen and oxygen atoms in total. The van der Waals surface area contributed by atoms with Gasteiger partial charge in [-0.1, -0.05) is 0 Å². The van der Waals surface area contributed by atoms with Crippen molar-refractivity contribution in [2.45, 2.75) is 40.7 Å². The molecular formula is C12H23NO4. The molecule has 0 saturated carbocycles. The lowest BCUT2D eigenvalue weighted by molar-refractivity contribution is -0.149. The molecule has 1 amide bonds. The summed E-state index contributed by atoms with van der Waals surface area (Å²) in [5.74, 6) is -0.651. The quantitative estimate of drug-likeness (QED) is 0.672. The molecule has 0 radical (unpaired) electrons. The molecule has 0 rings (SSSR count). The molecule has 0 aromatic carbocycles. The maximum Gasteiger partial charge on any atom is 0.409 e. The molecule has 0 heterocycles. The van der Waals surface area contributed by atoms with E-state index in [0.717, 1.165) is 0 Å². The number of carbonyl (C=O) groups excluding carboxylic acids is 2. The topological polar surface area (TPSA) is 55.8 Å². The molecule has 0 spiro atoms. The summed E-state index contributed by atoms with van der Waals surface area (Å²) in [4.78, 5) is 24.8. The van der Waals surface area contributed by atoms with Gasteiger partial charge >= 0.3 is 12.1 Å². The highest BCUT2D eigenvalue weighted by atomic mass is 16.6. The number of ether oxygens (including phenoxy) is 2. The minimum Gasteiger partial charge on any atom is -0.466 e. The predicted octanol–water partition coefficient (Wildman–Crippen LogP) is 2.05. The highest BCUT2D eigenvalue weighted by Gasteiger charge is 2.29. The van der Waals surface area contributed by atoms with Gasteiger partial charge in [-0.2, -0.15) is 0 Å². The Bertz CT molecular complexity index is 255. The fourth-order valence-electron chi connectivity index (χ4n) is 1.53. The third-order valence-electron chi connectivity index (χ3n) is 2.72. The van der Waals surface area contributed by atoms with Crippen LogP contribution in [-0.2, 0) is 14.3 Å². The van der Waals surface area contributed by atoms with Crippen molar-refractivity contribution >= 4 is 12.1 Å². The van der Waals surface area contributed by atoms with Gasteiger partial charge in [-0.25, -0.2) is 4.79 Å². The summed E-state index contributed by atoms with van der Waals surface area (Å²) >= 11 is 0. The lowest BCUT2D eigenvalue weighted by Crippen LogP contribution is -2.44. The van der Waals surface area contributed by atoms with Crippen molar-refractivity contribution < 1.29 is 19.1 Å². The van der Waals surface area contributed by atoms with Crippen LogP contribution in [0.3, 0.4) is 0 Å². The van der Waals surface area contributed by atoms with Gasteiger partial charge in [0.05, 0.1) is 19.1 Å². The average Bonchev–Trinajstić information content (AvgIpc) is 2.29. The second-order valence-corrected chi connectivity index (χ2v) is 3.77. The molecule has 17 heavy (non-hydrogen) atoms. The predicted molar refractivity (Wildman–Crippen MR) is 64.7 cm³/mol. The van der Waals surface area contributed by atoms with Crippen molar-refractivity contribution in [1.82, 2.24) is 4.90 Å². The molecule has 2 atom stereocenters. The van der Waals surface area contributed by atoms with E-state index < -0.39 is 6.09 Å². The molecule has 0 aromatic heterocycles. The summed E-state index contributed by atoms with van der Waals surface area (Å²) in [6.45, 7) is 10.1. The van der Waals surface area contributed by atoms with Crippen LogP contribution in [0, 0.1) is 5.92 Å². The summed E-state index contributed by atoms with van der Waals surface area (Å²) in [5, 5.41) is 0. The van der Waals surface area contributed by atoms with E-state index in [1.54, 1.807) is 20.8 Å². The molecule has 0 fully saturated rings. The van der Waals surface area contributed by atoms with Gasteiger partial charge in [0, 0.05) is 12.6 Å². The molecule has 0 aromatic rings. The van der Waals surface area contributed by atoms with Crippen molar-refractivity contribution in [3.63, 3.8) is 0 Å². The Morgan fingerprint density at radius 2 is 1.59 bits per heavy atom. The minimum atomic E-state index is -0.390. The zero-order valence-electron chi connectivity index (χ0n) is 11.4. The van der Waals surface area contributed by atoms with Crippen molar-refractivity contribution in [2.24, 2.45) is 5.92 Å². The van der Waals surface area contributed by atoms with Gasteiger partial charge in [-0.3, -0.25) is 4.79 Å². The first-order valence-electron chi connectivity index (χ1n) is 6.09. The Labute approximate surface area is 103 Å². The minimum absolute atomic E-state index is 0.238. The van der Waals surface area contributed by atoms with Crippen LogP contribution in [0.25, 0.3) is 0 Å². The van der Waals surface area contributed by atoms with Crippen molar-refractivity contribution in [2.75, 3.05) is 19.8 Å². The van der Waals surface area contributed by atoms with E-state index in [9.17, 15) is 9.59 Å². The Balaban J connectivity index is 4.56. The first-order chi connectivity index (χ1) is 7.99. The Morgan fingerprint density at radius 3 is 2.00 bits per heavy atom. The zero-order chi connectivity index (χ0) is 13.4. The van der Waals surface area contributed by atoms with Gasteiger partial charge in [0.1, 0.15) is 0 Å². The third kappa shape index (κ3) is 4.63. The largest absolute Gasteiger partial charge is 0.466 e. The Kier molecular flexibility index (Phi) is 7.34. The monoisotopic (exact) mass is 245 g/mol. The Hall–Kier alpha value is -1.26. The molecule has 5 heteroatoms. The molecule has 2 unspecified atom stereocenters. The van der Waals surface area contributed by atoms with Gasteiger partial charge in [-0.15, -0.1) is 0 Å². The Morgan fingerprint density at radius 1 is 1.06 bits per heavy atom. The average molecular weight is 245 g/mol. The highest BCUT2D eigenvalue weighted by Crippen LogP contribution is 2.14. The summed E-state index contributed by atoms with van der Waals surface area (Å²) in [6.07, 6.45) is -0.390. The standard InChI is InChI=1S/C12H23NO4/c1-6-13(12(15)17-8-3)10(5)9(4)11(14)16-7-2/h9-10H,6-8H2,1-5H3. The van der Waals surface area contributed by atoms with Crippen LogP contribution in [0.2, 0.25) is 0 Å². The lowest BCUT2D eigenvalue weighted by Gasteiger charge is -2.30. The lowest BCUT2D eigenvalue weighted by atomic mass is 10.0. The maximum absolute atomic E-state index is 11.7. The molecular weight excluding hydrogens is 222 g/mol. The number of hydrogen-bond donors (Lipinski definition) is 0. The van der Waals surface area contributed by atoms with E-state index in [-0.39, 0.29) is 17.9 Å². The number of hydrogen-bond acceptors (Lipinski definition) is 4. The summed E-state index contributed by atoms with van der Waals surface area (Å²) in [6, 6.07) is -0.238. The van der Waals surface area contributed by atoms with Crippen LogP contribution in [0.1, 0.15) is 34.6 Å². The smallest absolute Gasteiger partial charge is 0.409 e. The summed E-state index contributed by atoms with van der Waals surface area (Å²) < 4.78 is 9.88. The number of esters is 1. The molecule has 0 saturated heterocycles. The number of rotatable bonds is 6. The summed E-state index contributed by atoms with van der Waals surface area (Å²) in [7, 11) is 0. The van der Waals surface area contributed by atoms with Crippen molar-refractivity contribution in [1.29, 1.82) is 0 Å². The van der Waals surface area contributed by atoms with Crippen LogP contribution in [0.5, 0.6) is 0 Å². The van der Waals surface area contributed by atoms with Crippen LogP contribution in [0.15, 0.2) is 0 Å². The van der Waals surface area contributed by atoms with E-state index in [0.29, 0.717) is 19.8 Å².